The average molecular weight is 196 g/mol. The van der Waals surface area contributed by atoms with Crippen LogP contribution >= 0.6 is 0 Å². The molecule has 4 nitrogen and oxygen atoms in total. The molecule has 0 rings (SSSR count). The van der Waals surface area contributed by atoms with Crippen LogP contribution in [0.1, 0.15) is 13.8 Å². The standard InChI is InChI=1S/C10H16N2O2/c1-4-12(8-9(2)7-11)6-5-10(13)14-3/h5-6,9H,4,8H2,1-3H3. The molecule has 0 aliphatic rings. The molecule has 1 atom stereocenters. The van der Waals surface area contributed by atoms with Crippen LogP contribution in [0.5, 0.6) is 0 Å². The van der Waals surface area contributed by atoms with Gasteiger partial charge in [-0.1, -0.05) is 0 Å². The van der Waals surface area contributed by atoms with E-state index < -0.39 is 0 Å². The summed E-state index contributed by atoms with van der Waals surface area (Å²) in [5.74, 6) is -0.426. The summed E-state index contributed by atoms with van der Waals surface area (Å²) in [5, 5.41) is 8.61. The average Bonchev–Trinajstić information content (AvgIpc) is 2.22. The number of nitrogens with zero attached hydrogens (tertiary/aromatic N) is 2. The van der Waals surface area contributed by atoms with Gasteiger partial charge in [0.05, 0.1) is 19.1 Å². The molecule has 0 spiro atoms. The van der Waals surface area contributed by atoms with Crippen molar-refractivity contribution >= 4 is 5.97 Å². The third-order valence-corrected chi connectivity index (χ3v) is 1.76. The van der Waals surface area contributed by atoms with E-state index in [9.17, 15) is 4.79 Å². The zero-order valence-corrected chi connectivity index (χ0v) is 8.86. The van der Waals surface area contributed by atoms with Crippen LogP contribution in [0.3, 0.4) is 0 Å². The summed E-state index contributed by atoms with van der Waals surface area (Å²) in [7, 11) is 1.33. The van der Waals surface area contributed by atoms with Gasteiger partial charge in [-0.15, -0.1) is 0 Å². The molecule has 0 saturated carbocycles. The first-order valence-corrected chi connectivity index (χ1v) is 4.53. The smallest absolute Gasteiger partial charge is 0.331 e. The van der Waals surface area contributed by atoms with Crippen molar-refractivity contribution in [2.24, 2.45) is 5.92 Å². The van der Waals surface area contributed by atoms with E-state index in [-0.39, 0.29) is 11.9 Å². The van der Waals surface area contributed by atoms with Crippen LogP contribution in [0.25, 0.3) is 0 Å². The lowest BCUT2D eigenvalue weighted by atomic mass is 10.2. The van der Waals surface area contributed by atoms with Crippen molar-refractivity contribution in [1.82, 2.24) is 4.90 Å². The van der Waals surface area contributed by atoms with E-state index in [1.54, 1.807) is 6.20 Å². The summed E-state index contributed by atoms with van der Waals surface area (Å²) in [6, 6.07) is 2.14. The molecule has 0 amide bonds. The number of methoxy groups -OCH3 is 1. The van der Waals surface area contributed by atoms with Gasteiger partial charge in [-0.25, -0.2) is 4.79 Å². The maximum Gasteiger partial charge on any atom is 0.331 e. The van der Waals surface area contributed by atoms with E-state index in [2.05, 4.69) is 10.8 Å². The van der Waals surface area contributed by atoms with Gasteiger partial charge in [0.15, 0.2) is 0 Å². The zero-order chi connectivity index (χ0) is 11.0. The summed E-state index contributed by atoms with van der Waals surface area (Å²) in [6.07, 6.45) is 3.01. The molecule has 0 radical (unpaired) electrons. The number of carbonyl (C=O) groups excluding carboxylic acids is 1. The molecule has 78 valence electrons. The normalized spacial score (nSPS) is 12.1. The van der Waals surface area contributed by atoms with Crippen LogP contribution in [0.4, 0.5) is 0 Å². The van der Waals surface area contributed by atoms with E-state index in [0.29, 0.717) is 6.54 Å². The summed E-state index contributed by atoms with van der Waals surface area (Å²) >= 11 is 0. The van der Waals surface area contributed by atoms with Gasteiger partial charge in [0.1, 0.15) is 0 Å². The summed E-state index contributed by atoms with van der Waals surface area (Å²) in [4.78, 5) is 12.7. The second kappa shape index (κ2) is 6.96. The third-order valence-electron chi connectivity index (χ3n) is 1.76. The summed E-state index contributed by atoms with van der Waals surface area (Å²) < 4.78 is 4.46. The molecule has 0 aromatic carbocycles. The monoisotopic (exact) mass is 196 g/mol. The molecule has 0 bridgehead atoms. The van der Waals surface area contributed by atoms with Gasteiger partial charge < -0.3 is 9.64 Å². The molecule has 0 aliphatic heterocycles. The van der Waals surface area contributed by atoms with E-state index in [1.807, 2.05) is 18.7 Å². The Kier molecular flexibility index (Phi) is 6.21. The minimum Gasteiger partial charge on any atom is -0.466 e. The Bertz CT molecular complexity index is 243. The lowest BCUT2D eigenvalue weighted by molar-refractivity contribution is -0.134. The second-order valence-corrected chi connectivity index (χ2v) is 2.96. The number of hydrogen-bond donors (Lipinski definition) is 0. The van der Waals surface area contributed by atoms with Gasteiger partial charge in [-0.2, -0.15) is 5.26 Å². The molecule has 0 aromatic heterocycles. The minimum absolute atomic E-state index is 0.0442. The van der Waals surface area contributed by atoms with Crippen LogP contribution in [-0.4, -0.2) is 31.1 Å². The molecule has 0 saturated heterocycles. The summed E-state index contributed by atoms with van der Waals surface area (Å²) in [6.45, 7) is 5.19. The number of nitriles is 1. The quantitative estimate of drug-likeness (QED) is 0.489. The largest absolute Gasteiger partial charge is 0.466 e. The highest BCUT2D eigenvalue weighted by Crippen LogP contribution is 1.99. The van der Waals surface area contributed by atoms with Crippen molar-refractivity contribution in [3.8, 4) is 6.07 Å². The van der Waals surface area contributed by atoms with Crippen molar-refractivity contribution in [2.45, 2.75) is 13.8 Å². The Morgan fingerprint density at radius 1 is 1.71 bits per heavy atom. The van der Waals surface area contributed by atoms with Crippen LogP contribution in [-0.2, 0) is 9.53 Å². The fourth-order valence-electron chi connectivity index (χ4n) is 0.922. The van der Waals surface area contributed by atoms with E-state index in [4.69, 9.17) is 5.26 Å². The predicted molar refractivity (Wildman–Crippen MR) is 53.2 cm³/mol. The zero-order valence-electron chi connectivity index (χ0n) is 8.86. The van der Waals surface area contributed by atoms with Gasteiger partial charge in [-0.3, -0.25) is 0 Å². The maximum absolute atomic E-state index is 10.8. The molecular formula is C10H16N2O2. The number of rotatable bonds is 5. The fourth-order valence-corrected chi connectivity index (χ4v) is 0.922. The number of hydrogen-bond acceptors (Lipinski definition) is 4. The van der Waals surface area contributed by atoms with Crippen molar-refractivity contribution in [3.05, 3.63) is 12.3 Å². The molecule has 0 aromatic rings. The van der Waals surface area contributed by atoms with Crippen LogP contribution in [0.2, 0.25) is 0 Å². The SMILES string of the molecule is CCN(C=CC(=O)OC)CC(C)C#N. The predicted octanol–water partition coefficient (Wildman–Crippen LogP) is 1.15. The highest BCUT2D eigenvalue weighted by atomic mass is 16.5. The lowest BCUT2D eigenvalue weighted by Gasteiger charge is -2.18. The first kappa shape index (κ1) is 12.5. The minimum atomic E-state index is -0.381. The van der Waals surface area contributed by atoms with Crippen molar-refractivity contribution in [3.63, 3.8) is 0 Å². The van der Waals surface area contributed by atoms with E-state index in [0.717, 1.165) is 6.54 Å². The lowest BCUT2D eigenvalue weighted by Crippen LogP contribution is -2.22. The highest BCUT2D eigenvalue weighted by Gasteiger charge is 2.03. The van der Waals surface area contributed by atoms with Crippen molar-refractivity contribution < 1.29 is 9.53 Å². The van der Waals surface area contributed by atoms with Crippen molar-refractivity contribution in [1.29, 1.82) is 5.26 Å². The second-order valence-electron chi connectivity index (χ2n) is 2.96. The third kappa shape index (κ3) is 5.20. The molecular weight excluding hydrogens is 180 g/mol. The van der Waals surface area contributed by atoms with Gasteiger partial charge in [0, 0.05) is 25.4 Å². The van der Waals surface area contributed by atoms with Gasteiger partial charge >= 0.3 is 5.97 Å². The molecule has 0 heterocycles. The Morgan fingerprint density at radius 2 is 2.36 bits per heavy atom. The van der Waals surface area contributed by atoms with Gasteiger partial charge in [-0.05, 0) is 13.8 Å². The van der Waals surface area contributed by atoms with Crippen LogP contribution in [0.15, 0.2) is 12.3 Å². The Labute approximate surface area is 84.8 Å². The van der Waals surface area contributed by atoms with E-state index in [1.165, 1.54) is 13.2 Å². The maximum atomic E-state index is 10.8. The Morgan fingerprint density at radius 3 is 2.79 bits per heavy atom. The molecule has 4 heteroatoms. The first-order chi connectivity index (χ1) is 6.63. The molecule has 1 unspecified atom stereocenters. The molecule has 0 N–H and O–H groups in total. The van der Waals surface area contributed by atoms with Gasteiger partial charge in [0.2, 0.25) is 0 Å². The topological polar surface area (TPSA) is 53.3 Å². The van der Waals surface area contributed by atoms with Crippen LogP contribution < -0.4 is 0 Å². The molecule has 14 heavy (non-hydrogen) atoms. The number of carbonyl (C=O) groups is 1. The number of ether oxygens (including phenoxy) is 1. The van der Waals surface area contributed by atoms with Crippen molar-refractivity contribution in [2.75, 3.05) is 20.2 Å². The highest BCUT2D eigenvalue weighted by molar-refractivity contribution is 5.81. The fraction of sp³-hybridized carbons (Fsp3) is 0.600. The van der Waals surface area contributed by atoms with E-state index >= 15 is 0 Å². The Balaban J connectivity index is 4.10. The first-order valence-electron chi connectivity index (χ1n) is 4.53. The summed E-state index contributed by atoms with van der Waals surface area (Å²) in [5.41, 5.74) is 0. The van der Waals surface area contributed by atoms with Crippen LogP contribution in [0, 0.1) is 17.2 Å². The molecule has 0 aliphatic carbocycles. The Hall–Kier alpha value is -1.50. The molecule has 0 fully saturated rings. The number of esters is 1. The van der Waals surface area contributed by atoms with Gasteiger partial charge in [0.25, 0.3) is 0 Å².